The first-order chi connectivity index (χ1) is 7.33. The minimum absolute atomic E-state index is 0.106. The van der Waals surface area contributed by atoms with Gasteiger partial charge in [-0.3, -0.25) is 9.13 Å². The monoisotopic (exact) mass is 205 g/mol. The van der Waals surface area contributed by atoms with Crippen LogP contribution in [-0.4, -0.2) is 9.13 Å². The quantitative estimate of drug-likeness (QED) is 0.687. The van der Waals surface area contributed by atoms with Gasteiger partial charge in [0.2, 0.25) is 0 Å². The molecule has 1 aliphatic rings. The summed E-state index contributed by atoms with van der Waals surface area (Å²) in [4.78, 5) is 11.8. The molecular weight excluding hydrogens is 190 g/mol. The molecule has 0 spiro atoms. The molecule has 0 atom stereocenters. The van der Waals surface area contributed by atoms with Crippen molar-refractivity contribution in [1.82, 2.24) is 9.13 Å². The summed E-state index contributed by atoms with van der Waals surface area (Å²) in [6.45, 7) is 0.736. The fourth-order valence-electron chi connectivity index (χ4n) is 1.72. The Bertz CT molecular complexity index is 420. The molecule has 0 aromatic carbocycles. The lowest BCUT2D eigenvalue weighted by molar-refractivity contribution is 0.577. The van der Waals surface area contributed by atoms with Crippen LogP contribution >= 0.6 is 0 Å². The maximum Gasteiger partial charge on any atom is 0.328 e. The highest BCUT2D eigenvalue weighted by Gasteiger charge is 2.25. The molecule has 1 aliphatic carbocycles. The maximum absolute atomic E-state index is 11.8. The standard InChI is InChI=1S/C11H15N3O/c12-6-2-1-3-7-13-8-9-14(11(13)15)10-4-5-10/h8-10H,1-5,7H2. The molecule has 0 saturated heterocycles. The van der Waals surface area contributed by atoms with Gasteiger partial charge in [-0.25, -0.2) is 4.79 Å². The zero-order valence-electron chi connectivity index (χ0n) is 8.72. The Morgan fingerprint density at radius 1 is 1.40 bits per heavy atom. The van der Waals surface area contributed by atoms with Crippen LogP contribution in [0, 0.1) is 11.3 Å². The van der Waals surface area contributed by atoms with Crippen molar-refractivity contribution in [2.75, 3.05) is 0 Å². The molecule has 80 valence electrons. The van der Waals surface area contributed by atoms with Gasteiger partial charge in [-0.2, -0.15) is 5.26 Å². The van der Waals surface area contributed by atoms with Crippen LogP contribution in [0.1, 0.15) is 38.1 Å². The van der Waals surface area contributed by atoms with E-state index in [1.807, 2.05) is 17.0 Å². The van der Waals surface area contributed by atoms with Gasteiger partial charge < -0.3 is 0 Å². The molecule has 4 nitrogen and oxygen atoms in total. The molecular formula is C11H15N3O. The summed E-state index contributed by atoms with van der Waals surface area (Å²) < 4.78 is 3.57. The van der Waals surface area contributed by atoms with E-state index in [1.54, 1.807) is 4.57 Å². The van der Waals surface area contributed by atoms with Gasteiger partial charge in [-0.15, -0.1) is 0 Å². The van der Waals surface area contributed by atoms with Gasteiger partial charge in [0.05, 0.1) is 6.07 Å². The third-order valence-corrected chi connectivity index (χ3v) is 2.75. The second-order valence-corrected chi connectivity index (χ2v) is 4.03. The predicted molar refractivity (Wildman–Crippen MR) is 56.4 cm³/mol. The average molecular weight is 205 g/mol. The van der Waals surface area contributed by atoms with Crippen LogP contribution in [0.15, 0.2) is 17.2 Å². The fraction of sp³-hybridized carbons (Fsp3) is 0.636. The zero-order valence-corrected chi connectivity index (χ0v) is 8.72. The first-order valence-corrected chi connectivity index (χ1v) is 5.47. The van der Waals surface area contributed by atoms with E-state index in [0.29, 0.717) is 12.5 Å². The summed E-state index contributed by atoms with van der Waals surface area (Å²) >= 11 is 0. The lowest BCUT2D eigenvalue weighted by Gasteiger charge is -1.99. The van der Waals surface area contributed by atoms with Gasteiger partial charge in [-0.05, 0) is 25.7 Å². The third-order valence-electron chi connectivity index (χ3n) is 2.75. The number of rotatable bonds is 5. The summed E-state index contributed by atoms with van der Waals surface area (Å²) in [6.07, 6.45) is 8.37. The Hall–Kier alpha value is -1.50. The Balaban J connectivity index is 1.91. The highest BCUT2D eigenvalue weighted by Crippen LogP contribution is 2.33. The molecule has 1 saturated carbocycles. The SMILES string of the molecule is N#CCCCCn1ccn(C2CC2)c1=O. The van der Waals surface area contributed by atoms with E-state index in [2.05, 4.69) is 6.07 Å². The first-order valence-electron chi connectivity index (χ1n) is 5.47. The second kappa shape index (κ2) is 4.35. The number of imidazole rings is 1. The summed E-state index contributed by atoms with van der Waals surface area (Å²) in [5, 5.41) is 8.38. The molecule has 0 N–H and O–H groups in total. The summed E-state index contributed by atoms with van der Waals surface area (Å²) in [6, 6.07) is 2.57. The van der Waals surface area contributed by atoms with E-state index in [4.69, 9.17) is 5.26 Å². The molecule has 1 aromatic rings. The van der Waals surface area contributed by atoms with Crippen molar-refractivity contribution in [2.24, 2.45) is 0 Å². The minimum Gasteiger partial charge on any atom is -0.299 e. The first kappa shape index (κ1) is 10.0. The molecule has 0 radical (unpaired) electrons. The number of aryl methyl sites for hydroxylation is 1. The van der Waals surface area contributed by atoms with E-state index < -0.39 is 0 Å². The lowest BCUT2D eigenvalue weighted by Crippen LogP contribution is -2.23. The second-order valence-electron chi connectivity index (χ2n) is 4.03. The van der Waals surface area contributed by atoms with E-state index in [0.717, 1.165) is 32.2 Å². The van der Waals surface area contributed by atoms with Gasteiger partial charge in [0, 0.05) is 31.4 Å². The molecule has 4 heteroatoms. The number of nitriles is 1. The van der Waals surface area contributed by atoms with E-state index in [9.17, 15) is 4.79 Å². The molecule has 1 fully saturated rings. The van der Waals surface area contributed by atoms with Crippen LogP contribution in [0.5, 0.6) is 0 Å². The van der Waals surface area contributed by atoms with Gasteiger partial charge in [-0.1, -0.05) is 0 Å². The van der Waals surface area contributed by atoms with Crippen LogP contribution in [0.3, 0.4) is 0 Å². The molecule has 0 amide bonds. The van der Waals surface area contributed by atoms with Crippen molar-refractivity contribution in [3.05, 3.63) is 22.9 Å². The number of unbranched alkanes of at least 4 members (excludes halogenated alkanes) is 2. The van der Waals surface area contributed by atoms with Gasteiger partial charge in [0.15, 0.2) is 0 Å². The average Bonchev–Trinajstić information content (AvgIpc) is 3.00. The summed E-state index contributed by atoms with van der Waals surface area (Å²) in [5.74, 6) is 0. The molecule has 15 heavy (non-hydrogen) atoms. The number of nitrogens with zero attached hydrogens (tertiary/aromatic N) is 3. The molecule has 2 rings (SSSR count). The molecule has 1 aromatic heterocycles. The van der Waals surface area contributed by atoms with Crippen LogP contribution in [0.25, 0.3) is 0 Å². The summed E-state index contributed by atoms with van der Waals surface area (Å²) in [7, 11) is 0. The Morgan fingerprint density at radius 3 is 2.87 bits per heavy atom. The van der Waals surface area contributed by atoms with Crippen molar-refractivity contribution in [1.29, 1.82) is 5.26 Å². The topological polar surface area (TPSA) is 50.7 Å². The predicted octanol–water partition coefficient (Wildman–Crippen LogP) is 1.68. The van der Waals surface area contributed by atoms with Crippen LogP contribution in [-0.2, 0) is 6.54 Å². The minimum atomic E-state index is 0.106. The molecule has 0 unspecified atom stereocenters. The Morgan fingerprint density at radius 2 is 2.20 bits per heavy atom. The van der Waals surface area contributed by atoms with E-state index >= 15 is 0 Å². The third kappa shape index (κ3) is 2.30. The molecule has 0 aliphatic heterocycles. The van der Waals surface area contributed by atoms with Crippen molar-refractivity contribution in [3.8, 4) is 6.07 Å². The molecule has 0 bridgehead atoms. The highest BCUT2D eigenvalue weighted by molar-refractivity contribution is 4.91. The van der Waals surface area contributed by atoms with Gasteiger partial charge >= 0.3 is 5.69 Å². The maximum atomic E-state index is 11.8. The largest absolute Gasteiger partial charge is 0.328 e. The van der Waals surface area contributed by atoms with E-state index in [1.165, 1.54) is 0 Å². The Labute approximate surface area is 88.7 Å². The zero-order chi connectivity index (χ0) is 10.7. The number of hydrogen-bond donors (Lipinski definition) is 0. The number of hydrogen-bond acceptors (Lipinski definition) is 2. The fourth-order valence-corrected chi connectivity index (χ4v) is 1.72. The highest BCUT2D eigenvalue weighted by atomic mass is 16.1. The van der Waals surface area contributed by atoms with Gasteiger partial charge in [0.25, 0.3) is 0 Å². The van der Waals surface area contributed by atoms with Crippen LogP contribution in [0.4, 0.5) is 0 Å². The normalized spacial score (nSPS) is 15.1. The Kier molecular flexibility index (Phi) is 2.91. The van der Waals surface area contributed by atoms with Crippen molar-refractivity contribution in [2.45, 2.75) is 44.7 Å². The van der Waals surface area contributed by atoms with E-state index in [-0.39, 0.29) is 5.69 Å². The molecule has 1 heterocycles. The lowest BCUT2D eigenvalue weighted by atomic mass is 10.2. The van der Waals surface area contributed by atoms with Crippen LogP contribution < -0.4 is 5.69 Å². The van der Waals surface area contributed by atoms with Crippen molar-refractivity contribution in [3.63, 3.8) is 0 Å². The smallest absolute Gasteiger partial charge is 0.299 e. The van der Waals surface area contributed by atoms with Crippen molar-refractivity contribution >= 4 is 0 Å². The van der Waals surface area contributed by atoms with Crippen molar-refractivity contribution < 1.29 is 0 Å². The number of aromatic nitrogens is 2. The van der Waals surface area contributed by atoms with Crippen LogP contribution in [0.2, 0.25) is 0 Å². The summed E-state index contributed by atoms with van der Waals surface area (Å²) in [5.41, 5.74) is 0.106. The van der Waals surface area contributed by atoms with Gasteiger partial charge in [0.1, 0.15) is 0 Å².